The number of nitrogens with zero attached hydrogens (tertiary/aromatic N) is 8. The lowest BCUT2D eigenvalue weighted by Gasteiger charge is -2.69. The monoisotopic (exact) mass is 931 g/mol. The molecule has 0 radical (unpaired) electrons. The van der Waals surface area contributed by atoms with E-state index in [2.05, 4.69) is 73.0 Å². The van der Waals surface area contributed by atoms with Crippen molar-refractivity contribution in [3.63, 3.8) is 0 Å². The molecule has 13 nitrogen and oxygen atoms in total. The molecule has 3 N–H and O–H groups in total. The zero-order valence-electron chi connectivity index (χ0n) is 34.4. The first kappa shape index (κ1) is 40.6. The molecule has 4 bridgehead atoms. The molecular weight excluding hydrogens is 878 g/mol. The summed E-state index contributed by atoms with van der Waals surface area (Å²) in [6.07, 6.45) is 12.1. The first-order valence-electron chi connectivity index (χ1n) is 21.0. The Hall–Kier alpha value is -3.77. The number of carbonyl (C=O) groups is 1. The van der Waals surface area contributed by atoms with Gasteiger partial charge in [0.05, 0.1) is 28.6 Å². The first-order chi connectivity index (χ1) is 28.3. The number of halogens is 1. The molecule has 4 atom stereocenters. The van der Waals surface area contributed by atoms with Gasteiger partial charge in [-0.3, -0.25) is 4.68 Å². The SMILES string of the molecule is Cc1c(Nc2nc3ccccc3s2)nnc2c1CCCN2c1ccc(-c2cnn(CC34CC5(OCCN(I)CCCCO)C[C@](C)(C3)C[C@](C)(C4)C5)c2C)c(C(=O)O)n1. The van der Waals surface area contributed by atoms with Crippen molar-refractivity contribution >= 4 is 73.0 Å². The summed E-state index contributed by atoms with van der Waals surface area (Å²) in [5.41, 5.74) is 5.61. The second-order valence-corrected chi connectivity index (χ2v) is 21.0. The molecule has 5 heterocycles. The van der Waals surface area contributed by atoms with E-state index in [0.717, 1.165) is 115 Å². The summed E-state index contributed by atoms with van der Waals surface area (Å²) in [6, 6.07) is 11.8. The molecule has 4 aromatic heterocycles. The molecule has 312 valence electrons. The number of carboxylic acids is 1. The van der Waals surface area contributed by atoms with Gasteiger partial charge in [-0.05, 0) is 119 Å². The lowest BCUT2D eigenvalue weighted by Crippen LogP contribution is -2.64. The number of aliphatic hydroxyl groups is 1. The number of hydrogen-bond donors (Lipinski definition) is 3. The van der Waals surface area contributed by atoms with Crippen molar-refractivity contribution in [2.45, 2.75) is 104 Å². The average Bonchev–Trinajstić information content (AvgIpc) is 3.75. The van der Waals surface area contributed by atoms with Crippen LogP contribution < -0.4 is 10.2 Å². The van der Waals surface area contributed by atoms with Crippen molar-refractivity contribution in [1.29, 1.82) is 0 Å². The number of anilines is 4. The number of ether oxygens (including phenoxy) is 1. The van der Waals surface area contributed by atoms with E-state index in [9.17, 15) is 15.0 Å². The van der Waals surface area contributed by atoms with Crippen LogP contribution >= 0.6 is 34.2 Å². The fraction of sp³-hybridized carbons (Fsp3) is 0.545. The van der Waals surface area contributed by atoms with E-state index in [4.69, 9.17) is 19.8 Å². The third kappa shape index (κ3) is 7.86. The maximum Gasteiger partial charge on any atom is 0.355 e. The van der Waals surface area contributed by atoms with Crippen molar-refractivity contribution in [3.8, 4) is 11.1 Å². The van der Waals surface area contributed by atoms with Crippen LogP contribution in [0.3, 0.4) is 0 Å². The van der Waals surface area contributed by atoms with Crippen LogP contribution in [0.2, 0.25) is 0 Å². The lowest BCUT2D eigenvalue weighted by atomic mass is 9.39. The number of carboxylic acid groups (broad SMARTS) is 1. The lowest BCUT2D eigenvalue weighted by molar-refractivity contribution is -0.248. The Morgan fingerprint density at radius 1 is 0.983 bits per heavy atom. The highest BCUT2D eigenvalue weighted by molar-refractivity contribution is 14.1. The molecule has 4 fully saturated rings. The van der Waals surface area contributed by atoms with E-state index in [0.29, 0.717) is 36.2 Å². The van der Waals surface area contributed by atoms with Crippen LogP contribution in [0.15, 0.2) is 42.6 Å². The fourth-order valence-electron chi connectivity index (χ4n) is 12.1. The van der Waals surface area contributed by atoms with E-state index in [1.54, 1.807) is 11.3 Å². The van der Waals surface area contributed by atoms with Gasteiger partial charge in [-0.1, -0.05) is 37.3 Å². The zero-order chi connectivity index (χ0) is 41.2. The van der Waals surface area contributed by atoms with Crippen LogP contribution in [0, 0.1) is 30.1 Å². The number of pyridine rings is 1. The molecule has 5 aromatic rings. The molecular formula is C44H54IN9O4S. The predicted octanol–water partition coefficient (Wildman–Crippen LogP) is 9.05. The second-order valence-electron chi connectivity index (χ2n) is 18.6. The van der Waals surface area contributed by atoms with Gasteiger partial charge < -0.3 is 25.2 Å². The fourth-order valence-corrected chi connectivity index (χ4v) is 13.5. The average molecular weight is 932 g/mol. The van der Waals surface area contributed by atoms with Gasteiger partial charge in [-0.25, -0.2) is 17.9 Å². The Kier molecular flexibility index (Phi) is 10.7. The number of unbranched alkanes of at least 4 members (excludes halogenated alkanes) is 1. The third-order valence-electron chi connectivity index (χ3n) is 13.3. The minimum Gasteiger partial charge on any atom is -0.476 e. The van der Waals surface area contributed by atoms with Crippen molar-refractivity contribution < 1.29 is 19.7 Å². The van der Waals surface area contributed by atoms with Crippen LogP contribution in [0.25, 0.3) is 21.3 Å². The summed E-state index contributed by atoms with van der Waals surface area (Å²) < 4.78 is 12.5. The van der Waals surface area contributed by atoms with Crippen molar-refractivity contribution in [2.75, 3.05) is 43.1 Å². The largest absolute Gasteiger partial charge is 0.476 e. The van der Waals surface area contributed by atoms with Gasteiger partial charge in [0.1, 0.15) is 5.82 Å². The molecule has 1 aromatic carbocycles. The third-order valence-corrected chi connectivity index (χ3v) is 15.3. The Balaban J connectivity index is 0.948. The van der Waals surface area contributed by atoms with Crippen molar-refractivity contribution in [3.05, 3.63) is 65.1 Å². The maximum atomic E-state index is 13.0. The Morgan fingerprint density at radius 3 is 2.54 bits per heavy atom. The van der Waals surface area contributed by atoms with Gasteiger partial charge >= 0.3 is 5.97 Å². The van der Waals surface area contributed by atoms with Crippen molar-refractivity contribution in [2.24, 2.45) is 16.2 Å². The number of thiazole rings is 1. The minimum atomic E-state index is -1.08. The number of aromatic carboxylic acids is 1. The highest BCUT2D eigenvalue weighted by atomic mass is 127. The number of rotatable bonds is 15. The zero-order valence-corrected chi connectivity index (χ0v) is 37.4. The summed E-state index contributed by atoms with van der Waals surface area (Å²) in [6.45, 7) is 13.2. The smallest absolute Gasteiger partial charge is 0.355 e. The Bertz CT molecular complexity index is 2350. The number of aliphatic hydroxyl groups excluding tert-OH is 1. The molecule has 10 rings (SSSR count). The van der Waals surface area contributed by atoms with Crippen molar-refractivity contribution in [1.82, 2.24) is 33.1 Å². The number of benzene rings is 1. The number of hydrogen-bond acceptors (Lipinski definition) is 12. The van der Waals surface area contributed by atoms with Crippen LogP contribution in [0.5, 0.6) is 0 Å². The van der Waals surface area contributed by atoms with Crippen LogP contribution in [0.4, 0.5) is 22.6 Å². The van der Waals surface area contributed by atoms with Crippen LogP contribution in [-0.4, -0.2) is 87.7 Å². The predicted molar refractivity (Wildman–Crippen MR) is 239 cm³/mol. The van der Waals surface area contributed by atoms with E-state index in [1.807, 2.05) is 48.4 Å². The van der Waals surface area contributed by atoms with Gasteiger partial charge in [0, 0.05) is 83.6 Å². The summed E-state index contributed by atoms with van der Waals surface area (Å²) in [7, 11) is 0. The highest BCUT2D eigenvalue weighted by Crippen LogP contribution is 2.72. The number of nitrogens with one attached hydrogen (secondary N) is 1. The van der Waals surface area contributed by atoms with Gasteiger partial charge in [0.2, 0.25) is 0 Å². The maximum absolute atomic E-state index is 13.0. The Labute approximate surface area is 363 Å². The molecule has 0 spiro atoms. The first-order valence-corrected chi connectivity index (χ1v) is 22.8. The minimum absolute atomic E-state index is 0.000996. The van der Waals surface area contributed by atoms with Gasteiger partial charge in [0.25, 0.3) is 0 Å². The van der Waals surface area contributed by atoms with Crippen LogP contribution in [0.1, 0.15) is 98.9 Å². The molecule has 0 saturated heterocycles. The summed E-state index contributed by atoms with van der Waals surface area (Å²) in [5, 5.41) is 38.1. The standard InChI is InChI=1S/C44H54IN9O4S/c1-28-30-10-9-16-53(38(30)51-50-37(28)49-40-47-33-11-5-6-12-34(33)59-40)35-14-13-31(36(48-35)39(56)57)32-20-46-54(29(32)2)27-43-22-41(3)21-42(4,23-43)25-44(24-41,26-43)58-19-17-52(45)15-7-8-18-55/h5-6,11-14,20,55H,7-10,15-19,21-27H2,1-4H3,(H,56,57)(H,47,49,50)/t41-,42+,43?,44?. The second kappa shape index (κ2) is 15.6. The van der Waals surface area contributed by atoms with E-state index in [1.165, 1.54) is 6.42 Å². The van der Waals surface area contributed by atoms with Gasteiger partial charge in [-0.2, -0.15) is 5.10 Å². The molecule has 0 amide bonds. The number of aromatic nitrogens is 6. The molecule has 15 heteroatoms. The van der Waals surface area contributed by atoms with E-state index in [-0.39, 0.29) is 34.1 Å². The molecule has 5 aliphatic rings. The highest BCUT2D eigenvalue weighted by Gasteiger charge is 2.66. The molecule has 4 aliphatic carbocycles. The summed E-state index contributed by atoms with van der Waals surface area (Å²) in [5.74, 6) is 0.825. The van der Waals surface area contributed by atoms with Gasteiger partial charge in [-0.15, -0.1) is 10.2 Å². The summed E-state index contributed by atoms with van der Waals surface area (Å²) in [4.78, 5) is 24.5. The topological polar surface area (TPSA) is 155 Å². The quantitative estimate of drug-likeness (QED) is 0.0522. The Morgan fingerprint density at radius 2 is 1.78 bits per heavy atom. The normalized spacial score (nSPS) is 25.9. The molecule has 59 heavy (non-hydrogen) atoms. The number of para-hydroxylation sites is 1. The molecule has 4 saturated carbocycles. The summed E-state index contributed by atoms with van der Waals surface area (Å²) >= 11 is 3.97. The van der Waals surface area contributed by atoms with E-state index < -0.39 is 5.97 Å². The van der Waals surface area contributed by atoms with E-state index >= 15 is 0 Å². The van der Waals surface area contributed by atoms with Gasteiger partial charge in [0.15, 0.2) is 22.5 Å². The molecule has 2 unspecified atom stereocenters. The number of fused-ring (bicyclic) bond motifs is 2. The van der Waals surface area contributed by atoms with Crippen LogP contribution in [-0.2, 0) is 17.7 Å². The molecule has 1 aliphatic heterocycles.